The van der Waals surface area contributed by atoms with Gasteiger partial charge in [-0.3, -0.25) is 9.88 Å². The topological polar surface area (TPSA) is 51.7 Å². The van der Waals surface area contributed by atoms with Crippen molar-refractivity contribution in [3.8, 4) is 5.75 Å². The molecule has 5 heteroatoms. The van der Waals surface area contributed by atoms with Crippen molar-refractivity contribution in [2.75, 3.05) is 7.11 Å². The molecule has 5 nitrogen and oxygen atoms in total. The maximum absolute atomic E-state index is 12.4. The first kappa shape index (κ1) is 15.8. The van der Waals surface area contributed by atoms with Crippen LogP contribution in [0.15, 0.2) is 24.4 Å². The summed E-state index contributed by atoms with van der Waals surface area (Å²) >= 11 is 0. The Kier molecular flexibility index (Phi) is 4.04. The third-order valence-corrected chi connectivity index (χ3v) is 4.30. The van der Waals surface area contributed by atoms with Gasteiger partial charge in [-0.25, -0.2) is 4.79 Å². The van der Waals surface area contributed by atoms with Gasteiger partial charge in [0, 0.05) is 6.04 Å². The summed E-state index contributed by atoms with van der Waals surface area (Å²) in [5.41, 5.74) is 1.71. The standard InChI is InChI=1S/C18H24N2O3/c1-18(2,3)23-17(21)20-13-5-6-14(20)10-12(9-13)16-8-7-15(22-4)11-19-16/h7-9,11,13-14H,5-6,10H2,1-4H3. The Morgan fingerprint density at radius 3 is 2.65 bits per heavy atom. The summed E-state index contributed by atoms with van der Waals surface area (Å²) in [7, 11) is 1.63. The molecule has 1 fully saturated rings. The van der Waals surface area contributed by atoms with Gasteiger partial charge in [-0.2, -0.15) is 0 Å². The first-order valence-corrected chi connectivity index (χ1v) is 8.10. The van der Waals surface area contributed by atoms with Crippen LogP contribution >= 0.6 is 0 Å². The van der Waals surface area contributed by atoms with Gasteiger partial charge in [0.15, 0.2) is 0 Å². The lowest BCUT2D eigenvalue weighted by molar-refractivity contribution is 0.0175. The van der Waals surface area contributed by atoms with Crippen LogP contribution in [0.25, 0.3) is 5.57 Å². The monoisotopic (exact) mass is 316 g/mol. The zero-order valence-electron chi connectivity index (χ0n) is 14.2. The van der Waals surface area contributed by atoms with E-state index in [1.165, 1.54) is 5.57 Å². The fraction of sp³-hybridized carbons (Fsp3) is 0.556. The molecule has 0 spiro atoms. The van der Waals surface area contributed by atoms with Crippen LogP contribution in [-0.4, -0.2) is 40.8 Å². The van der Waals surface area contributed by atoms with Gasteiger partial charge in [0.05, 0.1) is 25.0 Å². The van der Waals surface area contributed by atoms with Crippen molar-refractivity contribution in [3.05, 3.63) is 30.1 Å². The molecule has 2 unspecified atom stereocenters. The molecule has 0 N–H and O–H groups in total. The molecule has 0 aliphatic carbocycles. The van der Waals surface area contributed by atoms with Crippen LogP contribution in [0, 0.1) is 0 Å². The van der Waals surface area contributed by atoms with E-state index in [0.29, 0.717) is 0 Å². The minimum atomic E-state index is -0.460. The maximum Gasteiger partial charge on any atom is 0.411 e. The number of nitrogens with zero attached hydrogens (tertiary/aromatic N) is 2. The average Bonchev–Trinajstić information content (AvgIpc) is 2.76. The van der Waals surface area contributed by atoms with Gasteiger partial charge in [0.1, 0.15) is 11.4 Å². The highest BCUT2D eigenvalue weighted by atomic mass is 16.6. The predicted molar refractivity (Wildman–Crippen MR) is 88.3 cm³/mol. The number of pyridine rings is 1. The Labute approximate surface area is 137 Å². The van der Waals surface area contributed by atoms with Gasteiger partial charge in [0.25, 0.3) is 0 Å². The lowest BCUT2D eigenvalue weighted by Crippen LogP contribution is -2.45. The van der Waals surface area contributed by atoms with E-state index in [1.807, 2.05) is 37.8 Å². The van der Waals surface area contributed by atoms with Crippen molar-refractivity contribution < 1.29 is 14.3 Å². The van der Waals surface area contributed by atoms with Crippen molar-refractivity contribution >= 4 is 11.7 Å². The van der Waals surface area contributed by atoms with E-state index in [4.69, 9.17) is 9.47 Å². The number of hydrogen-bond donors (Lipinski definition) is 0. The quantitative estimate of drug-likeness (QED) is 0.836. The van der Waals surface area contributed by atoms with Crippen LogP contribution in [0.2, 0.25) is 0 Å². The second-order valence-corrected chi connectivity index (χ2v) is 7.17. The number of fused-ring (bicyclic) bond motifs is 2. The number of amides is 1. The molecule has 0 radical (unpaired) electrons. The molecular formula is C18H24N2O3. The number of carbonyl (C=O) groups is 1. The van der Waals surface area contributed by atoms with Crippen molar-refractivity contribution in [2.24, 2.45) is 0 Å². The number of aromatic nitrogens is 1. The largest absolute Gasteiger partial charge is 0.495 e. The van der Waals surface area contributed by atoms with Gasteiger partial charge < -0.3 is 9.47 Å². The Balaban J connectivity index is 1.78. The first-order chi connectivity index (χ1) is 10.9. The number of carbonyl (C=O) groups excluding carboxylic acids is 1. The zero-order valence-corrected chi connectivity index (χ0v) is 14.2. The second kappa shape index (κ2) is 5.87. The molecule has 1 amide bonds. The third-order valence-electron chi connectivity index (χ3n) is 4.30. The van der Waals surface area contributed by atoms with E-state index < -0.39 is 5.60 Å². The normalized spacial score (nSPS) is 23.5. The van der Waals surface area contributed by atoms with Crippen molar-refractivity contribution in [3.63, 3.8) is 0 Å². The number of hydrogen-bond acceptors (Lipinski definition) is 4. The van der Waals surface area contributed by atoms with Gasteiger partial charge in [0.2, 0.25) is 0 Å². The molecule has 1 aromatic heterocycles. The van der Waals surface area contributed by atoms with Crippen LogP contribution in [0.4, 0.5) is 4.79 Å². The molecule has 0 aromatic carbocycles. The Morgan fingerprint density at radius 1 is 1.30 bits per heavy atom. The minimum absolute atomic E-state index is 0.113. The number of methoxy groups -OCH3 is 1. The highest BCUT2D eigenvalue weighted by Crippen LogP contribution is 2.39. The van der Waals surface area contributed by atoms with Crippen LogP contribution in [0.1, 0.15) is 45.7 Å². The fourth-order valence-electron chi connectivity index (χ4n) is 3.31. The molecule has 2 bridgehead atoms. The molecule has 2 aliphatic rings. The molecular weight excluding hydrogens is 292 g/mol. The van der Waals surface area contributed by atoms with Crippen molar-refractivity contribution in [2.45, 2.75) is 57.7 Å². The molecule has 124 valence electrons. The number of ether oxygens (including phenoxy) is 2. The predicted octanol–water partition coefficient (Wildman–Crippen LogP) is 3.65. The first-order valence-electron chi connectivity index (χ1n) is 8.10. The van der Waals surface area contributed by atoms with Crippen molar-refractivity contribution in [1.82, 2.24) is 9.88 Å². The summed E-state index contributed by atoms with van der Waals surface area (Å²) in [6.45, 7) is 5.71. The smallest absolute Gasteiger partial charge is 0.411 e. The fourth-order valence-corrected chi connectivity index (χ4v) is 3.31. The molecule has 23 heavy (non-hydrogen) atoms. The molecule has 2 atom stereocenters. The minimum Gasteiger partial charge on any atom is -0.495 e. The van der Waals surface area contributed by atoms with E-state index in [9.17, 15) is 4.79 Å². The third kappa shape index (κ3) is 3.33. The molecule has 3 heterocycles. The molecule has 3 rings (SSSR count). The Morgan fingerprint density at radius 2 is 2.09 bits per heavy atom. The highest BCUT2D eigenvalue weighted by Gasteiger charge is 2.41. The van der Waals surface area contributed by atoms with Gasteiger partial charge in [-0.1, -0.05) is 6.08 Å². The molecule has 2 aliphatic heterocycles. The van der Waals surface area contributed by atoms with Crippen LogP contribution < -0.4 is 4.74 Å². The van der Waals surface area contributed by atoms with E-state index in [2.05, 4.69) is 11.1 Å². The van der Waals surface area contributed by atoms with Crippen LogP contribution in [-0.2, 0) is 4.74 Å². The second-order valence-electron chi connectivity index (χ2n) is 7.17. The lowest BCUT2D eigenvalue weighted by atomic mass is 9.98. The Bertz CT molecular complexity index is 616. The van der Waals surface area contributed by atoms with E-state index in [0.717, 1.165) is 30.7 Å². The summed E-state index contributed by atoms with van der Waals surface area (Å²) in [5.74, 6) is 0.753. The molecule has 1 aromatic rings. The van der Waals surface area contributed by atoms with E-state index >= 15 is 0 Å². The lowest BCUT2D eigenvalue weighted by Gasteiger charge is -2.35. The summed E-state index contributed by atoms with van der Waals surface area (Å²) in [6, 6.07) is 4.22. The maximum atomic E-state index is 12.4. The molecule has 1 saturated heterocycles. The Hall–Kier alpha value is -2.04. The van der Waals surface area contributed by atoms with Gasteiger partial charge in [-0.15, -0.1) is 0 Å². The van der Waals surface area contributed by atoms with Gasteiger partial charge in [-0.05, 0) is 57.7 Å². The summed E-state index contributed by atoms with van der Waals surface area (Å²) in [4.78, 5) is 18.8. The number of rotatable bonds is 2. The summed E-state index contributed by atoms with van der Waals surface area (Å²) in [5, 5.41) is 0. The van der Waals surface area contributed by atoms with E-state index in [1.54, 1.807) is 13.3 Å². The summed E-state index contributed by atoms with van der Waals surface area (Å²) < 4.78 is 10.7. The van der Waals surface area contributed by atoms with E-state index in [-0.39, 0.29) is 18.2 Å². The van der Waals surface area contributed by atoms with Crippen molar-refractivity contribution in [1.29, 1.82) is 0 Å². The summed E-state index contributed by atoms with van der Waals surface area (Å²) in [6.07, 6.45) is 6.53. The van der Waals surface area contributed by atoms with Crippen LogP contribution in [0.5, 0.6) is 5.75 Å². The SMILES string of the molecule is COc1ccc(C2=CC3CCC(C2)N3C(=O)OC(C)(C)C)nc1. The van der Waals surface area contributed by atoms with Gasteiger partial charge >= 0.3 is 6.09 Å². The zero-order chi connectivity index (χ0) is 16.6. The van der Waals surface area contributed by atoms with Crippen LogP contribution in [0.3, 0.4) is 0 Å². The highest BCUT2D eigenvalue weighted by molar-refractivity contribution is 5.74. The molecule has 0 saturated carbocycles. The average molecular weight is 316 g/mol.